The fourth-order valence-electron chi connectivity index (χ4n) is 1.62. The van der Waals surface area contributed by atoms with E-state index in [1.165, 1.54) is 6.07 Å². The van der Waals surface area contributed by atoms with Gasteiger partial charge in [-0.1, -0.05) is 26.0 Å². The van der Waals surface area contributed by atoms with Gasteiger partial charge in [-0.25, -0.2) is 4.39 Å². The van der Waals surface area contributed by atoms with Gasteiger partial charge in [0.05, 0.1) is 6.54 Å². The lowest BCUT2D eigenvalue weighted by atomic mass is 10.1. The first kappa shape index (κ1) is 15.6. The number of rotatable bonds is 6. The van der Waals surface area contributed by atoms with E-state index in [0.29, 0.717) is 18.0 Å². The molecule has 1 atom stereocenters. The van der Waals surface area contributed by atoms with E-state index in [1.807, 2.05) is 26.8 Å². The minimum Gasteiger partial charge on any atom is -0.355 e. The molecule has 0 fully saturated rings. The van der Waals surface area contributed by atoms with Crippen LogP contribution in [0.5, 0.6) is 0 Å². The number of benzene rings is 1. The lowest BCUT2D eigenvalue weighted by Gasteiger charge is -2.15. The number of aryl methyl sites for hydroxylation is 1. The Balaban J connectivity index is 2.44. The number of carbonyl (C=O) groups excluding carboxylic acids is 1. The molecule has 0 aliphatic heterocycles. The number of amides is 1. The number of carbonyl (C=O) groups is 1. The topological polar surface area (TPSA) is 41.1 Å². The Morgan fingerprint density at radius 1 is 1.32 bits per heavy atom. The summed E-state index contributed by atoms with van der Waals surface area (Å²) in [4.78, 5) is 11.6. The van der Waals surface area contributed by atoms with Crippen molar-refractivity contribution in [3.63, 3.8) is 0 Å². The first-order valence-electron chi connectivity index (χ1n) is 6.66. The molecule has 19 heavy (non-hydrogen) atoms. The Morgan fingerprint density at radius 2 is 2.00 bits per heavy atom. The molecule has 1 aromatic carbocycles. The van der Waals surface area contributed by atoms with Crippen LogP contribution >= 0.6 is 0 Å². The van der Waals surface area contributed by atoms with Gasteiger partial charge in [-0.2, -0.15) is 0 Å². The molecular weight excluding hydrogens is 243 g/mol. The molecule has 1 aromatic rings. The molecule has 0 bridgehead atoms. The van der Waals surface area contributed by atoms with Gasteiger partial charge in [0, 0.05) is 12.6 Å². The maximum atomic E-state index is 13.4. The minimum absolute atomic E-state index is 0.0341. The molecule has 0 aliphatic rings. The zero-order chi connectivity index (χ0) is 14.4. The van der Waals surface area contributed by atoms with Crippen LogP contribution in [-0.4, -0.2) is 19.0 Å². The summed E-state index contributed by atoms with van der Waals surface area (Å²) in [7, 11) is 0. The average Bonchev–Trinajstić information content (AvgIpc) is 2.36. The van der Waals surface area contributed by atoms with Crippen LogP contribution in [0.3, 0.4) is 0 Å². The fourth-order valence-corrected chi connectivity index (χ4v) is 1.62. The maximum Gasteiger partial charge on any atom is 0.233 e. The summed E-state index contributed by atoms with van der Waals surface area (Å²) in [5, 5.41) is 5.92. The van der Waals surface area contributed by atoms with Crippen LogP contribution in [0.25, 0.3) is 0 Å². The van der Waals surface area contributed by atoms with E-state index in [1.54, 1.807) is 13.0 Å². The third-order valence-corrected chi connectivity index (χ3v) is 2.97. The van der Waals surface area contributed by atoms with E-state index in [2.05, 4.69) is 10.6 Å². The molecule has 0 saturated carbocycles. The van der Waals surface area contributed by atoms with Crippen LogP contribution in [0, 0.1) is 18.7 Å². The number of nitrogens with one attached hydrogen (secondary N) is 2. The third-order valence-electron chi connectivity index (χ3n) is 2.97. The summed E-state index contributed by atoms with van der Waals surface area (Å²) < 4.78 is 13.4. The molecule has 2 N–H and O–H groups in total. The molecule has 1 unspecified atom stereocenters. The van der Waals surface area contributed by atoms with E-state index in [4.69, 9.17) is 0 Å². The van der Waals surface area contributed by atoms with Crippen molar-refractivity contribution in [1.82, 2.24) is 10.6 Å². The van der Waals surface area contributed by atoms with Crippen molar-refractivity contribution >= 4 is 5.91 Å². The molecule has 0 saturated heterocycles. The Hall–Kier alpha value is -1.42. The monoisotopic (exact) mass is 266 g/mol. The van der Waals surface area contributed by atoms with Crippen LogP contribution in [-0.2, 0) is 4.79 Å². The molecular formula is C15H23FN2O. The first-order valence-corrected chi connectivity index (χ1v) is 6.66. The summed E-state index contributed by atoms with van der Waals surface area (Å²) in [6.45, 7) is 8.66. The van der Waals surface area contributed by atoms with Crippen molar-refractivity contribution < 1.29 is 9.18 Å². The Bertz CT molecular complexity index is 432. The highest BCUT2D eigenvalue weighted by Gasteiger charge is 2.09. The van der Waals surface area contributed by atoms with E-state index in [9.17, 15) is 9.18 Å². The Labute approximate surface area is 114 Å². The Morgan fingerprint density at radius 3 is 2.58 bits per heavy atom. The SMILES string of the molecule is Cc1ccc(C(C)NCC(=O)NCC(C)C)cc1F. The second kappa shape index (κ2) is 7.24. The number of hydrogen-bond donors (Lipinski definition) is 2. The summed E-state index contributed by atoms with van der Waals surface area (Å²) in [5.41, 5.74) is 1.48. The number of hydrogen-bond acceptors (Lipinski definition) is 2. The standard InChI is InChI=1S/C15H23FN2O/c1-10(2)8-18-15(19)9-17-12(4)13-6-5-11(3)14(16)7-13/h5-7,10,12,17H,8-9H2,1-4H3,(H,18,19). The van der Waals surface area contributed by atoms with Gasteiger partial charge < -0.3 is 10.6 Å². The highest BCUT2D eigenvalue weighted by atomic mass is 19.1. The van der Waals surface area contributed by atoms with Gasteiger partial charge in [-0.3, -0.25) is 4.79 Å². The quantitative estimate of drug-likeness (QED) is 0.831. The highest BCUT2D eigenvalue weighted by molar-refractivity contribution is 5.78. The second-order valence-electron chi connectivity index (χ2n) is 5.31. The van der Waals surface area contributed by atoms with Crippen LogP contribution in [0.4, 0.5) is 4.39 Å². The van der Waals surface area contributed by atoms with Crippen molar-refractivity contribution in [3.05, 3.63) is 35.1 Å². The van der Waals surface area contributed by atoms with E-state index in [-0.39, 0.29) is 24.3 Å². The predicted molar refractivity (Wildman–Crippen MR) is 75.4 cm³/mol. The molecule has 4 heteroatoms. The van der Waals surface area contributed by atoms with Gasteiger partial charge in [0.15, 0.2) is 0 Å². The second-order valence-corrected chi connectivity index (χ2v) is 5.31. The molecule has 106 valence electrons. The van der Waals surface area contributed by atoms with Crippen molar-refractivity contribution in [3.8, 4) is 0 Å². The zero-order valence-electron chi connectivity index (χ0n) is 12.1. The molecule has 0 heterocycles. The van der Waals surface area contributed by atoms with E-state index < -0.39 is 0 Å². The van der Waals surface area contributed by atoms with Crippen molar-refractivity contribution in [2.45, 2.75) is 33.7 Å². The van der Waals surface area contributed by atoms with Crippen LogP contribution in [0.1, 0.15) is 37.9 Å². The predicted octanol–water partition coefficient (Wildman–Crippen LogP) is 2.56. The molecule has 0 spiro atoms. The zero-order valence-corrected chi connectivity index (χ0v) is 12.1. The average molecular weight is 266 g/mol. The largest absolute Gasteiger partial charge is 0.355 e. The van der Waals surface area contributed by atoms with Gasteiger partial charge in [-0.15, -0.1) is 0 Å². The molecule has 1 amide bonds. The van der Waals surface area contributed by atoms with Gasteiger partial charge in [0.1, 0.15) is 5.82 Å². The van der Waals surface area contributed by atoms with Crippen LogP contribution < -0.4 is 10.6 Å². The van der Waals surface area contributed by atoms with Gasteiger partial charge >= 0.3 is 0 Å². The van der Waals surface area contributed by atoms with E-state index in [0.717, 1.165) is 5.56 Å². The summed E-state index contributed by atoms with van der Waals surface area (Å²) >= 11 is 0. The molecule has 0 radical (unpaired) electrons. The first-order chi connectivity index (χ1) is 8.90. The lowest BCUT2D eigenvalue weighted by molar-refractivity contribution is -0.120. The van der Waals surface area contributed by atoms with E-state index >= 15 is 0 Å². The molecule has 0 aliphatic carbocycles. The van der Waals surface area contributed by atoms with Crippen molar-refractivity contribution in [1.29, 1.82) is 0 Å². The number of halogens is 1. The maximum absolute atomic E-state index is 13.4. The lowest BCUT2D eigenvalue weighted by Crippen LogP contribution is -2.36. The fraction of sp³-hybridized carbons (Fsp3) is 0.533. The van der Waals surface area contributed by atoms with Crippen LogP contribution in [0.15, 0.2) is 18.2 Å². The van der Waals surface area contributed by atoms with Gasteiger partial charge in [0.2, 0.25) is 5.91 Å². The third kappa shape index (κ3) is 5.39. The summed E-state index contributed by atoms with van der Waals surface area (Å²) in [5.74, 6) is 0.191. The van der Waals surface area contributed by atoms with Gasteiger partial charge in [0.25, 0.3) is 0 Å². The van der Waals surface area contributed by atoms with Crippen molar-refractivity contribution in [2.24, 2.45) is 5.92 Å². The van der Waals surface area contributed by atoms with Crippen LogP contribution in [0.2, 0.25) is 0 Å². The normalized spacial score (nSPS) is 12.5. The van der Waals surface area contributed by atoms with Crippen molar-refractivity contribution in [2.75, 3.05) is 13.1 Å². The summed E-state index contributed by atoms with van der Waals surface area (Å²) in [6, 6.07) is 5.09. The highest BCUT2D eigenvalue weighted by Crippen LogP contribution is 2.15. The smallest absolute Gasteiger partial charge is 0.233 e. The minimum atomic E-state index is -0.213. The Kier molecular flexibility index (Phi) is 5.96. The molecule has 1 rings (SSSR count). The van der Waals surface area contributed by atoms with Gasteiger partial charge in [-0.05, 0) is 37.0 Å². The molecule has 0 aromatic heterocycles. The summed E-state index contributed by atoms with van der Waals surface area (Å²) in [6.07, 6.45) is 0. The molecule has 3 nitrogen and oxygen atoms in total.